The number of rotatable bonds is 5. The van der Waals surface area contributed by atoms with E-state index in [1.165, 1.54) is 0 Å². The van der Waals surface area contributed by atoms with Crippen molar-refractivity contribution >= 4 is 5.91 Å². The van der Waals surface area contributed by atoms with Crippen LogP contribution in [-0.2, 0) is 4.79 Å². The fourth-order valence-electron chi connectivity index (χ4n) is 3.01. The van der Waals surface area contributed by atoms with Crippen LogP contribution >= 0.6 is 0 Å². The van der Waals surface area contributed by atoms with Gasteiger partial charge >= 0.3 is 0 Å². The largest absolute Gasteiger partial charge is 0.326 e. The Hall–Kier alpha value is -0.570. The van der Waals surface area contributed by atoms with E-state index in [-0.39, 0.29) is 17.6 Å². The average molecular weight is 254 g/mol. The lowest BCUT2D eigenvalue weighted by molar-refractivity contribution is -0.133. The molecule has 0 aromatic rings. The van der Waals surface area contributed by atoms with Gasteiger partial charge in [-0.05, 0) is 38.0 Å². The second-order valence-electron chi connectivity index (χ2n) is 6.62. The molecule has 1 fully saturated rings. The summed E-state index contributed by atoms with van der Waals surface area (Å²) in [5.41, 5.74) is -0.363. The van der Waals surface area contributed by atoms with E-state index in [1.54, 1.807) is 0 Å². The molecule has 2 atom stereocenters. The number of nitrogens with zero attached hydrogens (tertiary/aromatic N) is 1. The minimum absolute atomic E-state index is 0.155. The Labute approximate surface area is 112 Å². The molecule has 2 unspecified atom stereocenters. The Morgan fingerprint density at radius 3 is 2.11 bits per heavy atom. The lowest BCUT2D eigenvalue weighted by atomic mass is 9.85. The Morgan fingerprint density at radius 2 is 1.78 bits per heavy atom. The maximum Gasteiger partial charge on any atom is 0.243 e. The first kappa shape index (κ1) is 15.5. The van der Waals surface area contributed by atoms with Crippen LogP contribution in [0.4, 0.5) is 0 Å². The number of hydrogen-bond donors (Lipinski definition) is 1. The summed E-state index contributed by atoms with van der Waals surface area (Å²) in [5, 5.41) is 3.44. The van der Waals surface area contributed by atoms with Crippen LogP contribution in [0, 0.1) is 17.8 Å². The number of carbonyl (C=O) groups excluding carboxylic acids is 1. The SMILES string of the molecule is CCC1(C)NC(C)N(CC(C(C)C)C(C)C)C1=O. The van der Waals surface area contributed by atoms with Crippen molar-refractivity contribution in [2.24, 2.45) is 17.8 Å². The van der Waals surface area contributed by atoms with Crippen molar-refractivity contribution in [1.82, 2.24) is 10.2 Å². The van der Waals surface area contributed by atoms with Crippen molar-refractivity contribution in [3.63, 3.8) is 0 Å². The van der Waals surface area contributed by atoms with Crippen LogP contribution in [0.15, 0.2) is 0 Å². The molecule has 0 spiro atoms. The summed E-state index contributed by atoms with van der Waals surface area (Å²) in [6.07, 6.45) is 1.00. The Bertz CT molecular complexity index is 293. The first-order valence-corrected chi connectivity index (χ1v) is 7.31. The number of amides is 1. The van der Waals surface area contributed by atoms with E-state index in [0.29, 0.717) is 17.8 Å². The molecule has 0 aliphatic carbocycles. The van der Waals surface area contributed by atoms with Crippen LogP contribution in [-0.4, -0.2) is 29.1 Å². The van der Waals surface area contributed by atoms with Crippen molar-refractivity contribution in [3.05, 3.63) is 0 Å². The van der Waals surface area contributed by atoms with E-state index in [0.717, 1.165) is 13.0 Å². The maximum atomic E-state index is 12.5. The standard InChI is InChI=1S/C15H30N2O/c1-8-15(7)14(18)17(12(6)16-15)9-13(10(2)3)11(4)5/h10-13,16H,8-9H2,1-7H3. The molecule has 1 N–H and O–H groups in total. The van der Waals surface area contributed by atoms with Gasteiger partial charge in [0.05, 0.1) is 11.7 Å². The lowest BCUT2D eigenvalue weighted by Crippen LogP contribution is -2.44. The van der Waals surface area contributed by atoms with Crippen LogP contribution in [0.3, 0.4) is 0 Å². The van der Waals surface area contributed by atoms with Crippen molar-refractivity contribution in [1.29, 1.82) is 0 Å². The summed E-state index contributed by atoms with van der Waals surface area (Å²) < 4.78 is 0. The molecule has 3 nitrogen and oxygen atoms in total. The fourth-order valence-corrected chi connectivity index (χ4v) is 3.01. The molecule has 18 heavy (non-hydrogen) atoms. The molecule has 106 valence electrons. The van der Waals surface area contributed by atoms with Crippen molar-refractivity contribution in [2.45, 2.75) is 66.6 Å². The van der Waals surface area contributed by atoms with Crippen LogP contribution in [0.25, 0.3) is 0 Å². The number of hydrogen-bond acceptors (Lipinski definition) is 2. The first-order chi connectivity index (χ1) is 8.23. The van der Waals surface area contributed by atoms with Gasteiger partial charge < -0.3 is 4.90 Å². The molecule has 0 radical (unpaired) electrons. The summed E-state index contributed by atoms with van der Waals surface area (Å²) in [6.45, 7) is 16.1. The van der Waals surface area contributed by atoms with Gasteiger partial charge in [0.25, 0.3) is 0 Å². The smallest absolute Gasteiger partial charge is 0.243 e. The van der Waals surface area contributed by atoms with Crippen molar-refractivity contribution in [2.75, 3.05) is 6.54 Å². The van der Waals surface area contributed by atoms with E-state index in [1.807, 2.05) is 11.8 Å². The molecule has 1 rings (SSSR count). The third-order valence-corrected chi connectivity index (χ3v) is 4.56. The predicted molar refractivity (Wildman–Crippen MR) is 76.2 cm³/mol. The van der Waals surface area contributed by atoms with Crippen LogP contribution < -0.4 is 5.32 Å². The van der Waals surface area contributed by atoms with E-state index in [4.69, 9.17) is 0 Å². The second kappa shape index (κ2) is 5.60. The van der Waals surface area contributed by atoms with Crippen LogP contribution in [0.5, 0.6) is 0 Å². The fraction of sp³-hybridized carbons (Fsp3) is 0.933. The molecule has 0 bridgehead atoms. The monoisotopic (exact) mass is 254 g/mol. The van der Waals surface area contributed by atoms with Crippen LogP contribution in [0.2, 0.25) is 0 Å². The van der Waals surface area contributed by atoms with Gasteiger partial charge in [0.15, 0.2) is 0 Å². The molecule has 1 aliphatic heterocycles. The Morgan fingerprint density at radius 1 is 1.28 bits per heavy atom. The summed E-state index contributed by atoms with van der Waals surface area (Å²) in [6, 6.07) is 0. The lowest BCUT2D eigenvalue weighted by Gasteiger charge is -2.32. The summed E-state index contributed by atoms with van der Waals surface area (Å²) >= 11 is 0. The molecule has 0 aromatic heterocycles. The highest BCUT2D eigenvalue weighted by Gasteiger charge is 2.45. The zero-order chi connectivity index (χ0) is 14.1. The number of nitrogens with one attached hydrogen (secondary N) is 1. The first-order valence-electron chi connectivity index (χ1n) is 7.31. The Balaban J connectivity index is 2.81. The Kier molecular flexibility index (Phi) is 4.82. The zero-order valence-corrected chi connectivity index (χ0v) is 13.1. The van der Waals surface area contributed by atoms with Gasteiger partial charge in [-0.25, -0.2) is 0 Å². The van der Waals surface area contributed by atoms with E-state index >= 15 is 0 Å². The molecular weight excluding hydrogens is 224 g/mol. The number of carbonyl (C=O) groups is 1. The third-order valence-electron chi connectivity index (χ3n) is 4.56. The van der Waals surface area contributed by atoms with Gasteiger partial charge in [-0.1, -0.05) is 34.6 Å². The van der Waals surface area contributed by atoms with E-state index in [9.17, 15) is 4.79 Å². The topological polar surface area (TPSA) is 32.3 Å². The molecule has 1 saturated heterocycles. The van der Waals surface area contributed by atoms with Gasteiger partial charge in [0.2, 0.25) is 5.91 Å². The maximum absolute atomic E-state index is 12.5. The summed E-state index contributed by atoms with van der Waals surface area (Å²) in [7, 11) is 0. The normalized spacial score (nSPS) is 29.1. The minimum atomic E-state index is -0.363. The highest BCUT2D eigenvalue weighted by Crippen LogP contribution is 2.28. The summed E-state index contributed by atoms with van der Waals surface area (Å²) in [4.78, 5) is 14.5. The molecule has 1 aliphatic rings. The second-order valence-corrected chi connectivity index (χ2v) is 6.62. The average Bonchev–Trinajstić information content (AvgIpc) is 2.47. The van der Waals surface area contributed by atoms with E-state index < -0.39 is 0 Å². The molecule has 1 heterocycles. The molecule has 0 saturated carbocycles. The summed E-state index contributed by atoms with van der Waals surface area (Å²) in [5.74, 6) is 2.05. The molecule has 0 aromatic carbocycles. The highest BCUT2D eigenvalue weighted by atomic mass is 16.2. The highest BCUT2D eigenvalue weighted by molar-refractivity contribution is 5.88. The van der Waals surface area contributed by atoms with E-state index in [2.05, 4.69) is 46.9 Å². The van der Waals surface area contributed by atoms with Crippen molar-refractivity contribution < 1.29 is 4.79 Å². The zero-order valence-electron chi connectivity index (χ0n) is 13.1. The predicted octanol–water partition coefficient (Wildman–Crippen LogP) is 2.86. The van der Waals surface area contributed by atoms with Gasteiger partial charge in [-0.15, -0.1) is 0 Å². The van der Waals surface area contributed by atoms with Gasteiger partial charge in [-0.2, -0.15) is 0 Å². The molecule has 1 amide bonds. The molecular formula is C15H30N2O. The minimum Gasteiger partial charge on any atom is -0.326 e. The quantitative estimate of drug-likeness (QED) is 0.818. The van der Waals surface area contributed by atoms with Gasteiger partial charge in [0, 0.05) is 6.54 Å². The van der Waals surface area contributed by atoms with Crippen molar-refractivity contribution in [3.8, 4) is 0 Å². The third kappa shape index (κ3) is 2.87. The van der Waals surface area contributed by atoms with Gasteiger partial charge in [-0.3, -0.25) is 10.1 Å². The molecule has 3 heteroatoms. The van der Waals surface area contributed by atoms with Crippen LogP contribution in [0.1, 0.15) is 54.9 Å². The van der Waals surface area contributed by atoms with Gasteiger partial charge in [0.1, 0.15) is 0 Å².